The van der Waals surface area contributed by atoms with Crippen molar-refractivity contribution < 1.29 is 14.6 Å². The lowest BCUT2D eigenvalue weighted by atomic mass is 9.77. The zero-order valence-corrected chi connectivity index (χ0v) is 11.4. The van der Waals surface area contributed by atoms with Crippen molar-refractivity contribution in [2.75, 3.05) is 19.8 Å². The predicted octanol–water partition coefficient (Wildman–Crippen LogP) is 1.43. The molecule has 1 aromatic heterocycles. The first-order valence-corrected chi connectivity index (χ1v) is 7.07. The summed E-state index contributed by atoms with van der Waals surface area (Å²) < 4.78 is 13.2. The average Bonchev–Trinajstić information content (AvgIpc) is 2.85. The maximum atomic E-state index is 10.5. The minimum absolute atomic E-state index is 0.0651. The van der Waals surface area contributed by atoms with E-state index in [1.165, 1.54) is 0 Å². The van der Waals surface area contributed by atoms with Crippen LogP contribution in [0.4, 0.5) is 0 Å². The fourth-order valence-corrected chi connectivity index (χ4v) is 3.29. The van der Waals surface area contributed by atoms with Crippen LogP contribution in [0.3, 0.4) is 0 Å². The van der Waals surface area contributed by atoms with Gasteiger partial charge in [0, 0.05) is 38.6 Å². The second-order valence-corrected chi connectivity index (χ2v) is 5.79. The fourth-order valence-electron chi connectivity index (χ4n) is 3.29. The highest BCUT2D eigenvalue weighted by atomic mass is 16.5. The second kappa shape index (κ2) is 5.23. The van der Waals surface area contributed by atoms with Gasteiger partial charge in [-0.1, -0.05) is 0 Å². The molecule has 0 saturated carbocycles. The second-order valence-electron chi connectivity index (χ2n) is 5.79. The number of aromatic nitrogens is 2. The summed E-state index contributed by atoms with van der Waals surface area (Å²) in [5, 5.41) is 14.7. The van der Waals surface area contributed by atoms with E-state index in [0.717, 1.165) is 51.1 Å². The van der Waals surface area contributed by atoms with Crippen LogP contribution < -0.4 is 0 Å². The minimum atomic E-state index is -0.433. The first-order chi connectivity index (χ1) is 9.19. The molecule has 0 bridgehead atoms. The van der Waals surface area contributed by atoms with Gasteiger partial charge in [0.1, 0.15) is 0 Å². The van der Waals surface area contributed by atoms with Crippen LogP contribution in [-0.2, 0) is 16.5 Å². The first kappa shape index (κ1) is 13.1. The molecule has 1 N–H and O–H groups in total. The van der Waals surface area contributed by atoms with E-state index >= 15 is 0 Å². The van der Waals surface area contributed by atoms with Gasteiger partial charge in [-0.2, -0.15) is 5.10 Å². The summed E-state index contributed by atoms with van der Waals surface area (Å²) in [7, 11) is 1.88. The lowest BCUT2D eigenvalue weighted by Gasteiger charge is -2.44. The Morgan fingerprint density at radius 1 is 1.42 bits per heavy atom. The molecule has 1 spiro atoms. The van der Waals surface area contributed by atoms with Crippen LogP contribution in [-0.4, -0.2) is 40.3 Å². The Morgan fingerprint density at radius 2 is 2.21 bits per heavy atom. The maximum absolute atomic E-state index is 10.5. The summed E-state index contributed by atoms with van der Waals surface area (Å²) in [4.78, 5) is 0. The van der Waals surface area contributed by atoms with E-state index < -0.39 is 6.10 Å². The molecule has 3 rings (SSSR count). The van der Waals surface area contributed by atoms with Crippen molar-refractivity contribution in [3.8, 4) is 0 Å². The predicted molar refractivity (Wildman–Crippen MR) is 69.6 cm³/mol. The molecule has 2 unspecified atom stereocenters. The zero-order chi connectivity index (χ0) is 13.3. The number of hydrogen-bond donors (Lipinski definition) is 1. The summed E-state index contributed by atoms with van der Waals surface area (Å²) in [6.45, 7) is 2.29. The summed E-state index contributed by atoms with van der Waals surface area (Å²) >= 11 is 0. The van der Waals surface area contributed by atoms with Gasteiger partial charge in [0.25, 0.3) is 0 Å². The van der Waals surface area contributed by atoms with E-state index in [4.69, 9.17) is 9.47 Å². The van der Waals surface area contributed by atoms with Gasteiger partial charge < -0.3 is 14.6 Å². The number of rotatable bonds is 2. The standard InChI is InChI=1S/C14H22N2O3/c1-16-10-12(9-15-16)13(17)11-2-5-19-14(8-11)3-6-18-7-4-14/h9-11,13,17H,2-8H2,1H3. The highest BCUT2D eigenvalue weighted by molar-refractivity contribution is 5.10. The molecular weight excluding hydrogens is 244 g/mol. The van der Waals surface area contributed by atoms with Crippen LogP contribution >= 0.6 is 0 Å². The van der Waals surface area contributed by atoms with Gasteiger partial charge in [0.2, 0.25) is 0 Å². The molecule has 0 aromatic carbocycles. The molecule has 106 valence electrons. The van der Waals surface area contributed by atoms with E-state index in [9.17, 15) is 5.11 Å². The third-order valence-corrected chi connectivity index (χ3v) is 4.45. The van der Waals surface area contributed by atoms with Crippen LogP contribution in [0.25, 0.3) is 0 Å². The normalized spacial score (nSPS) is 28.4. The quantitative estimate of drug-likeness (QED) is 0.880. The SMILES string of the molecule is Cn1cc(C(O)C2CCOC3(CCOCC3)C2)cn1. The van der Waals surface area contributed by atoms with Crippen molar-refractivity contribution in [3.05, 3.63) is 18.0 Å². The smallest absolute Gasteiger partial charge is 0.0850 e. The third kappa shape index (κ3) is 2.68. The zero-order valence-electron chi connectivity index (χ0n) is 11.4. The van der Waals surface area contributed by atoms with Crippen molar-refractivity contribution in [2.45, 2.75) is 37.4 Å². The topological polar surface area (TPSA) is 56.5 Å². The van der Waals surface area contributed by atoms with E-state index in [0.29, 0.717) is 0 Å². The van der Waals surface area contributed by atoms with Crippen LogP contribution in [0.1, 0.15) is 37.4 Å². The van der Waals surface area contributed by atoms with Gasteiger partial charge in [-0.25, -0.2) is 0 Å². The van der Waals surface area contributed by atoms with Crippen molar-refractivity contribution in [2.24, 2.45) is 13.0 Å². The van der Waals surface area contributed by atoms with Crippen molar-refractivity contribution in [3.63, 3.8) is 0 Å². The molecule has 5 heteroatoms. The molecule has 2 atom stereocenters. The van der Waals surface area contributed by atoms with Crippen molar-refractivity contribution >= 4 is 0 Å². The number of aryl methyl sites for hydroxylation is 1. The van der Waals surface area contributed by atoms with Gasteiger partial charge >= 0.3 is 0 Å². The molecule has 2 aliphatic rings. The van der Waals surface area contributed by atoms with Crippen molar-refractivity contribution in [1.29, 1.82) is 0 Å². The van der Waals surface area contributed by atoms with Crippen LogP contribution in [0.5, 0.6) is 0 Å². The third-order valence-electron chi connectivity index (χ3n) is 4.45. The Bertz CT molecular complexity index is 421. The Morgan fingerprint density at radius 3 is 2.89 bits per heavy atom. The van der Waals surface area contributed by atoms with E-state index in [-0.39, 0.29) is 11.5 Å². The van der Waals surface area contributed by atoms with E-state index in [1.54, 1.807) is 10.9 Å². The Labute approximate surface area is 113 Å². The summed E-state index contributed by atoms with van der Waals surface area (Å²) in [5.74, 6) is 0.260. The summed E-state index contributed by atoms with van der Waals surface area (Å²) in [6.07, 6.45) is 6.96. The lowest BCUT2D eigenvalue weighted by Crippen LogP contribution is -2.45. The fraction of sp³-hybridized carbons (Fsp3) is 0.786. The Balaban J connectivity index is 1.70. The molecule has 2 aliphatic heterocycles. The van der Waals surface area contributed by atoms with Crippen molar-refractivity contribution in [1.82, 2.24) is 9.78 Å². The van der Waals surface area contributed by atoms with Gasteiger partial charge in [0.05, 0.1) is 17.9 Å². The Hall–Kier alpha value is -0.910. The van der Waals surface area contributed by atoms with E-state index in [2.05, 4.69) is 5.10 Å². The summed E-state index contributed by atoms with van der Waals surface area (Å²) in [6, 6.07) is 0. The molecule has 19 heavy (non-hydrogen) atoms. The molecule has 2 fully saturated rings. The lowest BCUT2D eigenvalue weighted by molar-refractivity contribution is -0.159. The molecule has 1 aromatic rings. The van der Waals surface area contributed by atoms with Crippen LogP contribution in [0, 0.1) is 5.92 Å². The highest BCUT2D eigenvalue weighted by Gasteiger charge is 2.41. The first-order valence-electron chi connectivity index (χ1n) is 7.07. The van der Waals surface area contributed by atoms with Gasteiger partial charge in [-0.05, 0) is 31.6 Å². The highest BCUT2D eigenvalue weighted by Crippen LogP contribution is 2.41. The molecular formula is C14H22N2O3. The monoisotopic (exact) mass is 266 g/mol. The number of ether oxygens (including phenoxy) is 2. The molecule has 0 amide bonds. The largest absolute Gasteiger partial charge is 0.388 e. The molecule has 0 aliphatic carbocycles. The Kier molecular flexibility index (Phi) is 3.60. The maximum Gasteiger partial charge on any atom is 0.0850 e. The number of hydrogen-bond acceptors (Lipinski definition) is 4. The summed E-state index contributed by atoms with van der Waals surface area (Å²) in [5.41, 5.74) is 0.848. The minimum Gasteiger partial charge on any atom is -0.388 e. The molecule has 0 radical (unpaired) electrons. The number of nitrogens with zero attached hydrogens (tertiary/aromatic N) is 2. The average molecular weight is 266 g/mol. The van der Waals surface area contributed by atoms with Crippen LogP contribution in [0.2, 0.25) is 0 Å². The number of aliphatic hydroxyl groups excluding tert-OH is 1. The molecule has 2 saturated heterocycles. The van der Waals surface area contributed by atoms with E-state index in [1.807, 2.05) is 13.2 Å². The van der Waals surface area contributed by atoms with Gasteiger partial charge in [0.15, 0.2) is 0 Å². The molecule has 3 heterocycles. The molecule has 5 nitrogen and oxygen atoms in total. The van der Waals surface area contributed by atoms with Gasteiger partial charge in [-0.3, -0.25) is 4.68 Å². The van der Waals surface area contributed by atoms with Gasteiger partial charge in [-0.15, -0.1) is 0 Å². The number of aliphatic hydroxyl groups is 1. The van der Waals surface area contributed by atoms with Crippen LogP contribution in [0.15, 0.2) is 12.4 Å².